The van der Waals surface area contributed by atoms with Crippen LogP contribution >= 0.6 is 35.3 Å². The molecule has 7 rings (SSSR count). The summed E-state index contributed by atoms with van der Waals surface area (Å²) >= 11 is 5.33. The van der Waals surface area contributed by atoms with Crippen LogP contribution in [0.25, 0.3) is 0 Å². The minimum Gasteiger partial charge on any atom is -0.289 e. The molecule has 0 aliphatic carbocycles. The molecule has 0 aliphatic rings. The Morgan fingerprint density at radius 1 is 0.414 bits per heavy atom. The fraction of sp³-hybridized carbons (Fsp3) is 0.113. The van der Waals surface area contributed by atoms with Crippen LogP contribution < -0.4 is 0 Å². The summed E-state index contributed by atoms with van der Waals surface area (Å²) in [5, 5.41) is 0. The largest absolute Gasteiger partial charge is 0.289 e. The van der Waals surface area contributed by atoms with Crippen LogP contribution in [-0.2, 0) is 23.7 Å². The highest BCUT2D eigenvalue weighted by Crippen LogP contribution is 2.38. The molecular weight excluding hydrogens is 781 g/mol. The van der Waals surface area contributed by atoms with Gasteiger partial charge in [0.05, 0.1) is 10.9 Å². The maximum absolute atomic E-state index is 12.9. The molecule has 0 heterocycles. The van der Waals surface area contributed by atoms with E-state index in [0.29, 0.717) is 11.1 Å². The predicted octanol–water partition coefficient (Wildman–Crippen LogP) is 15.5. The van der Waals surface area contributed by atoms with Gasteiger partial charge in [-0.25, -0.2) is 0 Å². The first kappa shape index (κ1) is 41.3. The van der Waals surface area contributed by atoms with Crippen molar-refractivity contribution >= 4 is 52.0 Å². The lowest BCUT2D eigenvalue weighted by molar-refractivity contribution is 0.103. The highest BCUT2D eigenvalue weighted by atomic mass is 32.2. The first-order valence-corrected chi connectivity index (χ1v) is 23.4. The van der Waals surface area contributed by atoms with Crippen molar-refractivity contribution in [2.75, 3.05) is 0 Å². The quantitative estimate of drug-likeness (QED) is 0.0516. The van der Waals surface area contributed by atoms with E-state index >= 15 is 0 Å². The van der Waals surface area contributed by atoms with Crippen LogP contribution in [0.3, 0.4) is 0 Å². The third-order valence-corrected chi connectivity index (χ3v) is 14.8. The second kappa shape index (κ2) is 21.2. The summed E-state index contributed by atoms with van der Waals surface area (Å²) in [5.41, 5.74) is 4.15. The van der Waals surface area contributed by atoms with E-state index in [1.807, 2.05) is 78.1 Å². The normalized spacial score (nSPS) is 11.5. The molecule has 0 N–H and O–H groups in total. The molecule has 0 atom stereocenters. The lowest BCUT2D eigenvalue weighted by Crippen LogP contribution is -2.04. The van der Waals surface area contributed by atoms with E-state index < -0.39 is 0 Å². The summed E-state index contributed by atoms with van der Waals surface area (Å²) in [6.45, 7) is 4.15. The van der Waals surface area contributed by atoms with Crippen molar-refractivity contribution in [3.8, 4) is 0 Å². The molecule has 7 aromatic rings. The zero-order chi connectivity index (χ0) is 39.9. The Kier molecular flexibility index (Phi) is 15.1. The number of rotatable bonds is 17. The Balaban J connectivity index is 1.08. The minimum absolute atomic E-state index is 0.0431. The zero-order valence-corrected chi connectivity index (χ0v) is 36.2. The number of aryl methyl sites for hydroxylation is 2. The lowest BCUT2D eigenvalue weighted by atomic mass is 10.0. The van der Waals surface area contributed by atoms with E-state index in [4.69, 9.17) is 0 Å². The van der Waals surface area contributed by atoms with Crippen molar-refractivity contribution < 1.29 is 4.79 Å². The average Bonchev–Trinajstić information content (AvgIpc) is 3.27. The first-order chi connectivity index (χ1) is 28.5. The summed E-state index contributed by atoms with van der Waals surface area (Å²) < 4.78 is 0. The van der Waals surface area contributed by atoms with Crippen molar-refractivity contribution in [3.05, 3.63) is 222 Å². The van der Waals surface area contributed by atoms with Gasteiger partial charge in [0, 0.05) is 40.5 Å². The highest BCUT2D eigenvalue weighted by molar-refractivity contribution is 8.00. The van der Waals surface area contributed by atoms with E-state index in [9.17, 15) is 4.79 Å². The molecule has 0 aliphatic heterocycles. The molecule has 1 nitrogen and oxygen atoms in total. The molecule has 0 bridgehead atoms. The molecule has 0 amide bonds. The fourth-order valence-electron chi connectivity index (χ4n) is 6.46. The van der Waals surface area contributed by atoms with Gasteiger partial charge >= 0.3 is 0 Å². The molecule has 0 saturated carbocycles. The molecule has 0 unspecified atom stereocenters. The van der Waals surface area contributed by atoms with E-state index in [1.165, 1.54) is 45.4 Å². The Bertz CT molecular complexity index is 2290. The van der Waals surface area contributed by atoms with Crippen LogP contribution in [0.2, 0.25) is 0 Å². The number of hydrogen-bond donors (Lipinski definition) is 0. The van der Waals surface area contributed by atoms with E-state index in [0.717, 1.165) is 35.5 Å². The van der Waals surface area contributed by atoms with Gasteiger partial charge in [0.1, 0.15) is 0 Å². The summed E-state index contributed by atoms with van der Waals surface area (Å²) in [7, 11) is -0.297. The Labute approximate surface area is 360 Å². The SMILES string of the molecule is C/C=C\CCc1ccc(Sc2ccc([S+](c3ccc(Sc4ccc(CC/C=C\C)cc4)cc3)c3ccc(Sc4ccc(C(=O)c5ccccc5)cc4)cc3)cc2)cc1. The second-order valence-corrected chi connectivity index (χ2v) is 19.2. The zero-order valence-electron chi connectivity index (χ0n) is 32.9. The highest BCUT2D eigenvalue weighted by Gasteiger charge is 2.29. The first-order valence-electron chi connectivity index (χ1n) is 19.7. The molecular formula is C53H47OS4+. The lowest BCUT2D eigenvalue weighted by Gasteiger charge is -2.11. The monoisotopic (exact) mass is 827 g/mol. The number of hydrogen-bond acceptors (Lipinski definition) is 4. The standard InChI is InChI=1S/C53H47OS4/c1-3-5-8-12-40-16-22-44(23-17-40)55-47-28-34-50(35-29-47)58(51-36-30-48(31-37-51)56-45-24-18-41(19-25-45)13-9-6-4-2)52-38-32-49(33-39-52)57-46-26-20-43(21-27-46)53(54)42-14-10-7-11-15-42/h3-7,10-11,14-39H,8-9,12-13H2,1-2H3/q+1/b5-3-,6-4-. The number of carbonyl (C=O) groups excluding carboxylic acids is 1. The van der Waals surface area contributed by atoms with Crippen molar-refractivity contribution in [3.63, 3.8) is 0 Å². The van der Waals surface area contributed by atoms with Crippen molar-refractivity contribution in [1.29, 1.82) is 0 Å². The van der Waals surface area contributed by atoms with E-state index in [1.54, 1.807) is 11.8 Å². The van der Waals surface area contributed by atoms with E-state index in [-0.39, 0.29) is 16.7 Å². The van der Waals surface area contributed by atoms with Crippen LogP contribution in [0.15, 0.2) is 244 Å². The summed E-state index contributed by atoms with van der Waals surface area (Å²) in [6, 6.07) is 62.7. The number of carbonyl (C=O) groups is 1. The number of allylic oxidation sites excluding steroid dienone is 4. The van der Waals surface area contributed by atoms with Crippen LogP contribution in [0.1, 0.15) is 53.7 Å². The summed E-state index contributed by atoms with van der Waals surface area (Å²) in [6.07, 6.45) is 13.0. The van der Waals surface area contributed by atoms with Crippen LogP contribution in [-0.4, -0.2) is 5.78 Å². The molecule has 58 heavy (non-hydrogen) atoms. The van der Waals surface area contributed by atoms with Gasteiger partial charge in [0.25, 0.3) is 0 Å². The van der Waals surface area contributed by atoms with Crippen molar-refractivity contribution in [2.45, 2.75) is 83.6 Å². The Morgan fingerprint density at radius 3 is 1.07 bits per heavy atom. The van der Waals surface area contributed by atoms with Crippen molar-refractivity contribution in [1.82, 2.24) is 0 Å². The molecule has 5 heteroatoms. The molecule has 0 spiro atoms. The van der Waals surface area contributed by atoms with Gasteiger partial charge in [-0.05, 0) is 172 Å². The number of benzene rings is 7. The second-order valence-electron chi connectivity index (χ2n) is 13.7. The van der Waals surface area contributed by atoms with Gasteiger partial charge in [0.2, 0.25) is 0 Å². The molecule has 7 aromatic carbocycles. The molecule has 0 saturated heterocycles. The van der Waals surface area contributed by atoms with E-state index in [2.05, 4.69) is 159 Å². The number of ketones is 1. The third-order valence-electron chi connectivity index (χ3n) is 9.56. The van der Waals surface area contributed by atoms with Gasteiger partial charge < -0.3 is 0 Å². The maximum Gasteiger partial charge on any atom is 0.193 e. The summed E-state index contributed by atoms with van der Waals surface area (Å²) in [5.74, 6) is 0.0431. The molecule has 0 aromatic heterocycles. The van der Waals surface area contributed by atoms with Crippen LogP contribution in [0.5, 0.6) is 0 Å². The minimum atomic E-state index is -0.297. The van der Waals surface area contributed by atoms with Crippen molar-refractivity contribution in [2.24, 2.45) is 0 Å². The van der Waals surface area contributed by atoms with Gasteiger partial charge in [-0.3, -0.25) is 4.79 Å². The fourth-order valence-corrected chi connectivity index (χ4v) is 11.0. The predicted molar refractivity (Wildman–Crippen MR) is 249 cm³/mol. The van der Waals surface area contributed by atoms with Gasteiger partial charge in [0.15, 0.2) is 20.5 Å². The molecule has 288 valence electrons. The summed E-state index contributed by atoms with van der Waals surface area (Å²) in [4.78, 5) is 24.0. The van der Waals surface area contributed by atoms with Crippen LogP contribution in [0.4, 0.5) is 0 Å². The van der Waals surface area contributed by atoms with Gasteiger partial charge in [-0.1, -0.05) is 114 Å². The topological polar surface area (TPSA) is 17.1 Å². The van der Waals surface area contributed by atoms with Gasteiger partial charge in [-0.2, -0.15) is 0 Å². The Morgan fingerprint density at radius 2 is 0.724 bits per heavy atom. The smallest absolute Gasteiger partial charge is 0.193 e. The van der Waals surface area contributed by atoms with Gasteiger partial charge in [-0.15, -0.1) is 0 Å². The maximum atomic E-state index is 12.9. The molecule has 0 fully saturated rings. The molecule has 0 radical (unpaired) electrons. The third kappa shape index (κ3) is 11.6. The average molecular weight is 828 g/mol. The Hall–Kier alpha value is -4.91. The van der Waals surface area contributed by atoms with Crippen LogP contribution in [0, 0.1) is 0 Å².